The number of anilines is 2. The smallest absolute Gasteiger partial charge is 0.321 e. The van der Waals surface area contributed by atoms with Crippen LogP contribution < -0.4 is 10.2 Å². The number of aliphatic hydroxyl groups is 1. The Morgan fingerprint density at radius 2 is 1.92 bits per heavy atom. The fraction of sp³-hybridized carbons (Fsp3) is 0.611. The Kier molecular flexibility index (Phi) is 6.87. The summed E-state index contributed by atoms with van der Waals surface area (Å²) in [5, 5.41) is 12.5. The van der Waals surface area contributed by atoms with E-state index in [2.05, 4.69) is 29.0 Å². The molecule has 134 valence electrons. The molecule has 1 aliphatic rings. The average Bonchev–Trinajstić information content (AvgIpc) is 2.63. The van der Waals surface area contributed by atoms with Crippen molar-refractivity contribution in [2.75, 3.05) is 56.6 Å². The molecule has 6 nitrogen and oxygen atoms in total. The van der Waals surface area contributed by atoms with Gasteiger partial charge < -0.3 is 20.2 Å². The molecule has 0 radical (unpaired) electrons. The molecule has 1 saturated heterocycles. The van der Waals surface area contributed by atoms with E-state index in [9.17, 15) is 9.90 Å². The van der Waals surface area contributed by atoms with Gasteiger partial charge in [0.15, 0.2) is 0 Å². The van der Waals surface area contributed by atoms with E-state index in [-0.39, 0.29) is 18.7 Å². The maximum atomic E-state index is 12.6. The van der Waals surface area contributed by atoms with Crippen molar-refractivity contribution in [1.82, 2.24) is 9.80 Å². The largest absolute Gasteiger partial charge is 0.395 e. The van der Waals surface area contributed by atoms with Crippen LogP contribution in [0.15, 0.2) is 24.3 Å². The van der Waals surface area contributed by atoms with Crippen LogP contribution in [-0.2, 0) is 0 Å². The van der Waals surface area contributed by atoms with Gasteiger partial charge in [0.05, 0.1) is 18.0 Å². The zero-order valence-electron chi connectivity index (χ0n) is 15.0. The van der Waals surface area contributed by atoms with Gasteiger partial charge in [-0.1, -0.05) is 19.1 Å². The Labute approximate surface area is 145 Å². The second-order valence-electron chi connectivity index (χ2n) is 6.23. The van der Waals surface area contributed by atoms with Crippen molar-refractivity contribution in [1.29, 1.82) is 0 Å². The molecule has 1 aromatic rings. The van der Waals surface area contributed by atoms with Crippen molar-refractivity contribution >= 4 is 17.4 Å². The van der Waals surface area contributed by atoms with E-state index < -0.39 is 0 Å². The van der Waals surface area contributed by atoms with E-state index in [1.165, 1.54) is 0 Å². The summed E-state index contributed by atoms with van der Waals surface area (Å²) < 4.78 is 0. The fourth-order valence-electron chi connectivity index (χ4n) is 3.07. The average molecular weight is 334 g/mol. The maximum Gasteiger partial charge on any atom is 0.321 e. The van der Waals surface area contributed by atoms with Gasteiger partial charge in [-0.15, -0.1) is 0 Å². The summed E-state index contributed by atoms with van der Waals surface area (Å²) in [5.41, 5.74) is 1.87. The number of hydrogen-bond acceptors (Lipinski definition) is 4. The van der Waals surface area contributed by atoms with Gasteiger partial charge >= 0.3 is 6.03 Å². The number of nitrogens with zero attached hydrogens (tertiary/aromatic N) is 3. The Balaban J connectivity index is 1.95. The number of benzene rings is 1. The predicted octanol–water partition coefficient (Wildman–Crippen LogP) is 2.06. The first-order valence-corrected chi connectivity index (χ1v) is 8.81. The molecule has 1 fully saturated rings. The van der Waals surface area contributed by atoms with E-state index in [1.807, 2.05) is 36.2 Å². The highest BCUT2D eigenvalue weighted by Crippen LogP contribution is 2.24. The van der Waals surface area contributed by atoms with Gasteiger partial charge in [-0.25, -0.2) is 4.79 Å². The molecule has 0 bridgehead atoms. The molecule has 1 aromatic carbocycles. The summed E-state index contributed by atoms with van der Waals surface area (Å²) in [4.78, 5) is 18.8. The molecule has 6 heteroatoms. The summed E-state index contributed by atoms with van der Waals surface area (Å²) in [5.74, 6) is 0. The van der Waals surface area contributed by atoms with Crippen LogP contribution in [0.25, 0.3) is 0 Å². The zero-order valence-corrected chi connectivity index (χ0v) is 15.0. The van der Waals surface area contributed by atoms with Gasteiger partial charge in [0.1, 0.15) is 0 Å². The molecule has 2 amide bonds. The summed E-state index contributed by atoms with van der Waals surface area (Å²) in [6, 6.07) is 8.03. The molecule has 0 saturated carbocycles. The summed E-state index contributed by atoms with van der Waals surface area (Å²) in [7, 11) is 2.02. The lowest BCUT2D eigenvalue weighted by molar-refractivity contribution is 0.0766. The van der Waals surface area contributed by atoms with Gasteiger partial charge in [0.2, 0.25) is 0 Å². The molecule has 2 rings (SSSR count). The van der Waals surface area contributed by atoms with E-state index in [1.54, 1.807) is 0 Å². The lowest BCUT2D eigenvalue weighted by Gasteiger charge is -2.38. The van der Waals surface area contributed by atoms with Crippen LogP contribution in [0.4, 0.5) is 16.2 Å². The van der Waals surface area contributed by atoms with Gasteiger partial charge in [0, 0.05) is 45.8 Å². The molecule has 0 aromatic heterocycles. The molecule has 24 heavy (non-hydrogen) atoms. The van der Waals surface area contributed by atoms with Crippen molar-refractivity contribution in [3.63, 3.8) is 0 Å². The molecule has 0 aliphatic carbocycles. The molecular weight excluding hydrogens is 304 g/mol. The summed E-state index contributed by atoms with van der Waals surface area (Å²) in [6.45, 7) is 8.23. The Bertz CT molecular complexity index is 526. The van der Waals surface area contributed by atoms with Crippen molar-refractivity contribution in [3.05, 3.63) is 24.3 Å². The predicted molar refractivity (Wildman–Crippen MR) is 98.7 cm³/mol. The Hall–Kier alpha value is -1.79. The first-order chi connectivity index (χ1) is 11.6. The topological polar surface area (TPSA) is 59.1 Å². The molecule has 2 N–H and O–H groups in total. The normalized spacial score (nSPS) is 16.8. The molecule has 0 spiro atoms. The van der Waals surface area contributed by atoms with Gasteiger partial charge in [0.25, 0.3) is 0 Å². The first-order valence-electron chi connectivity index (χ1n) is 8.81. The molecular formula is C18H30N4O2. The van der Waals surface area contributed by atoms with Gasteiger partial charge in [-0.2, -0.15) is 0 Å². The highest BCUT2D eigenvalue weighted by Gasteiger charge is 2.25. The first kappa shape index (κ1) is 18.5. The van der Waals surface area contributed by atoms with E-state index in [0.29, 0.717) is 13.1 Å². The second-order valence-corrected chi connectivity index (χ2v) is 6.23. The number of urea groups is 1. The standard InChI is InChI=1S/C18H30N4O2/c1-4-15(14-23)21-10-12-22(13-11-21)18(24)19-16-8-6-7-9-17(16)20(3)5-2/h6-9,15,23H,4-5,10-14H2,1-3H3,(H,19,24)/t15-/m0/s1. The fourth-order valence-corrected chi connectivity index (χ4v) is 3.07. The third-order valence-electron chi connectivity index (χ3n) is 4.83. The molecule has 1 heterocycles. The van der Waals surface area contributed by atoms with E-state index in [0.717, 1.165) is 37.4 Å². The Morgan fingerprint density at radius 3 is 2.50 bits per heavy atom. The monoisotopic (exact) mass is 334 g/mol. The highest BCUT2D eigenvalue weighted by molar-refractivity contribution is 5.93. The number of para-hydroxylation sites is 2. The van der Waals surface area contributed by atoms with E-state index >= 15 is 0 Å². The number of carbonyl (C=O) groups excluding carboxylic acids is 1. The van der Waals surface area contributed by atoms with Crippen LogP contribution in [-0.4, -0.2) is 73.4 Å². The molecule has 1 aliphatic heterocycles. The summed E-state index contributed by atoms with van der Waals surface area (Å²) >= 11 is 0. The molecule has 1 atom stereocenters. The van der Waals surface area contributed by atoms with Crippen LogP contribution in [0, 0.1) is 0 Å². The number of rotatable bonds is 6. The minimum atomic E-state index is -0.0522. The Morgan fingerprint density at radius 1 is 1.25 bits per heavy atom. The van der Waals surface area contributed by atoms with Crippen LogP contribution in [0.5, 0.6) is 0 Å². The third kappa shape index (κ3) is 4.39. The number of nitrogens with one attached hydrogen (secondary N) is 1. The van der Waals surface area contributed by atoms with Crippen LogP contribution in [0.1, 0.15) is 20.3 Å². The number of hydrogen-bond donors (Lipinski definition) is 2. The van der Waals surface area contributed by atoms with Gasteiger partial charge in [-0.3, -0.25) is 4.90 Å². The van der Waals surface area contributed by atoms with Gasteiger partial charge in [-0.05, 0) is 25.5 Å². The van der Waals surface area contributed by atoms with E-state index in [4.69, 9.17) is 0 Å². The number of piperazine rings is 1. The summed E-state index contributed by atoms with van der Waals surface area (Å²) in [6.07, 6.45) is 0.930. The van der Waals surface area contributed by atoms with Crippen LogP contribution in [0.2, 0.25) is 0 Å². The number of amides is 2. The highest BCUT2D eigenvalue weighted by atomic mass is 16.3. The maximum absolute atomic E-state index is 12.6. The van der Waals surface area contributed by atoms with Crippen molar-refractivity contribution in [3.8, 4) is 0 Å². The zero-order chi connectivity index (χ0) is 17.5. The number of carbonyl (C=O) groups is 1. The molecule has 0 unspecified atom stereocenters. The van der Waals surface area contributed by atoms with Crippen LogP contribution >= 0.6 is 0 Å². The lowest BCUT2D eigenvalue weighted by Crippen LogP contribution is -2.53. The third-order valence-corrected chi connectivity index (χ3v) is 4.83. The lowest BCUT2D eigenvalue weighted by atomic mass is 10.1. The van der Waals surface area contributed by atoms with Crippen molar-refractivity contribution in [2.45, 2.75) is 26.3 Å². The second kappa shape index (κ2) is 8.89. The quantitative estimate of drug-likeness (QED) is 0.836. The van der Waals surface area contributed by atoms with Crippen molar-refractivity contribution < 1.29 is 9.90 Å². The van der Waals surface area contributed by atoms with Crippen LogP contribution in [0.3, 0.4) is 0 Å². The van der Waals surface area contributed by atoms with Crippen molar-refractivity contribution in [2.24, 2.45) is 0 Å². The number of aliphatic hydroxyl groups excluding tert-OH is 1. The minimum Gasteiger partial charge on any atom is -0.395 e. The SMILES string of the molecule is CC[C@@H](CO)N1CCN(C(=O)Nc2ccccc2N(C)CC)CC1. The minimum absolute atomic E-state index is 0.0522.